The maximum absolute atomic E-state index is 12.7. The Balaban J connectivity index is 0.00000132. The highest BCUT2D eigenvalue weighted by atomic mass is 79.9. The number of nitrogens with two attached hydrogens (primary N) is 1. The second kappa shape index (κ2) is 9.11. The minimum atomic E-state index is 0. The molecule has 2 aliphatic rings. The molecule has 1 aromatic carbocycles. The minimum absolute atomic E-state index is 0. The third kappa shape index (κ3) is 4.75. The Labute approximate surface area is 158 Å². The van der Waals surface area contributed by atoms with Crippen molar-refractivity contribution in [3.05, 3.63) is 28.2 Å². The lowest BCUT2D eigenvalue weighted by Gasteiger charge is -2.37. The topological polar surface area (TPSA) is 49.6 Å². The van der Waals surface area contributed by atoms with Crippen LogP contribution in [0.15, 0.2) is 22.7 Å². The van der Waals surface area contributed by atoms with E-state index in [0.29, 0.717) is 17.3 Å². The highest BCUT2D eigenvalue weighted by Crippen LogP contribution is 2.24. The van der Waals surface area contributed by atoms with Crippen LogP contribution in [0, 0.1) is 0 Å². The molecule has 1 unspecified atom stereocenters. The molecule has 0 bridgehead atoms. The second-order valence-electron chi connectivity index (χ2n) is 6.02. The van der Waals surface area contributed by atoms with Crippen LogP contribution in [0.3, 0.4) is 0 Å². The SMILES string of the molecule is Cl.Cl.Nc1cc(Br)ccc1C(=O)N1CCCC(N2CCCC2)C1. The largest absolute Gasteiger partial charge is 0.398 e. The number of benzene rings is 1. The summed E-state index contributed by atoms with van der Waals surface area (Å²) in [7, 11) is 0. The van der Waals surface area contributed by atoms with Gasteiger partial charge in [0.1, 0.15) is 0 Å². The van der Waals surface area contributed by atoms with Gasteiger partial charge in [0.25, 0.3) is 5.91 Å². The summed E-state index contributed by atoms with van der Waals surface area (Å²) in [4.78, 5) is 17.2. The average Bonchev–Trinajstić information content (AvgIpc) is 3.01. The molecule has 2 heterocycles. The molecule has 1 amide bonds. The molecular formula is C16H24BrCl2N3O. The molecule has 2 N–H and O–H groups in total. The van der Waals surface area contributed by atoms with Crippen molar-refractivity contribution >= 4 is 52.3 Å². The zero-order chi connectivity index (χ0) is 14.8. The van der Waals surface area contributed by atoms with Crippen LogP contribution in [0.1, 0.15) is 36.0 Å². The van der Waals surface area contributed by atoms with Crippen LogP contribution in [-0.2, 0) is 0 Å². The van der Waals surface area contributed by atoms with E-state index in [1.54, 1.807) is 6.07 Å². The fraction of sp³-hybridized carbons (Fsp3) is 0.562. The quantitative estimate of drug-likeness (QED) is 0.738. The highest BCUT2D eigenvalue weighted by molar-refractivity contribution is 9.10. The van der Waals surface area contributed by atoms with Gasteiger partial charge in [-0.3, -0.25) is 9.69 Å². The molecule has 1 atom stereocenters. The number of hydrogen-bond acceptors (Lipinski definition) is 3. The lowest BCUT2D eigenvalue weighted by atomic mass is 10.0. The third-order valence-electron chi connectivity index (χ3n) is 4.58. The number of carbonyl (C=O) groups excluding carboxylic acids is 1. The molecule has 4 nitrogen and oxygen atoms in total. The van der Waals surface area contributed by atoms with Gasteiger partial charge in [-0.25, -0.2) is 0 Å². The van der Waals surface area contributed by atoms with Crippen molar-refractivity contribution in [3.63, 3.8) is 0 Å². The van der Waals surface area contributed by atoms with Gasteiger partial charge in [-0.05, 0) is 57.0 Å². The summed E-state index contributed by atoms with van der Waals surface area (Å²) in [5.41, 5.74) is 7.18. The summed E-state index contributed by atoms with van der Waals surface area (Å²) < 4.78 is 0.908. The number of piperidine rings is 1. The van der Waals surface area contributed by atoms with Gasteiger partial charge in [-0.1, -0.05) is 15.9 Å². The van der Waals surface area contributed by atoms with Crippen molar-refractivity contribution in [1.29, 1.82) is 0 Å². The lowest BCUT2D eigenvalue weighted by Crippen LogP contribution is -2.49. The second-order valence-corrected chi connectivity index (χ2v) is 6.94. The van der Waals surface area contributed by atoms with Crippen molar-refractivity contribution in [2.45, 2.75) is 31.7 Å². The van der Waals surface area contributed by atoms with E-state index in [4.69, 9.17) is 5.73 Å². The van der Waals surface area contributed by atoms with Gasteiger partial charge in [0, 0.05) is 29.3 Å². The Hall–Kier alpha value is -0.490. The Bertz CT molecular complexity index is 538. The predicted octanol–water partition coefficient (Wildman–Crippen LogP) is 3.58. The van der Waals surface area contributed by atoms with Crippen LogP contribution in [0.5, 0.6) is 0 Å². The van der Waals surface area contributed by atoms with Crippen LogP contribution in [0.4, 0.5) is 5.69 Å². The molecule has 130 valence electrons. The maximum Gasteiger partial charge on any atom is 0.255 e. The number of halogens is 3. The molecule has 0 radical (unpaired) electrons. The Morgan fingerprint density at radius 1 is 1.13 bits per heavy atom. The van der Waals surface area contributed by atoms with E-state index in [2.05, 4.69) is 20.8 Å². The molecule has 0 spiro atoms. The van der Waals surface area contributed by atoms with Gasteiger partial charge in [-0.15, -0.1) is 24.8 Å². The first-order valence-corrected chi connectivity index (χ1v) is 8.53. The fourth-order valence-electron chi connectivity index (χ4n) is 3.44. The van der Waals surface area contributed by atoms with Crippen LogP contribution in [-0.4, -0.2) is 47.9 Å². The number of amides is 1. The predicted molar refractivity (Wildman–Crippen MR) is 103 cm³/mol. The molecule has 2 aliphatic heterocycles. The van der Waals surface area contributed by atoms with Crippen molar-refractivity contribution in [3.8, 4) is 0 Å². The van der Waals surface area contributed by atoms with E-state index in [1.165, 1.54) is 32.4 Å². The van der Waals surface area contributed by atoms with E-state index in [0.717, 1.165) is 24.0 Å². The lowest BCUT2D eigenvalue weighted by molar-refractivity contribution is 0.0609. The van der Waals surface area contributed by atoms with Crippen LogP contribution in [0.25, 0.3) is 0 Å². The first-order chi connectivity index (χ1) is 10.1. The Morgan fingerprint density at radius 2 is 1.83 bits per heavy atom. The summed E-state index contributed by atoms with van der Waals surface area (Å²) in [6.45, 7) is 4.06. The van der Waals surface area contributed by atoms with E-state index in [9.17, 15) is 4.79 Å². The minimum Gasteiger partial charge on any atom is -0.398 e. The van der Waals surface area contributed by atoms with Crippen LogP contribution in [0.2, 0.25) is 0 Å². The first kappa shape index (κ1) is 20.6. The van der Waals surface area contributed by atoms with Gasteiger partial charge in [0.15, 0.2) is 0 Å². The maximum atomic E-state index is 12.7. The molecule has 0 saturated carbocycles. The molecule has 1 aromatic rings. The first-order valence-electron chi connectivity index (χ1n) is 7.73. The van der Waals surface area contributed by atoms with Gasteiger partial charge >= 0.3 is 0 Å². The number of nitrogen functional groups attached to an aromatic ring is 1. The van der Waals surface area contributed by atoms with Gasteiger partial charge in [-0.2, -0.15) is 0 Å². The molecule has 7 heteroatoms. The number of rotatable bonds is 2. The molecule has 2 saturated heterocycles. The summed E-state index contributed by atoms with van der Waals surface area (Å²) >= 11 is 3.38. The zero-order valence-electron chi connectivity index (χ0n) is 13.0. The Morgan fingerprint density at radius 3 is 2.48 bits per heavy atom. The van der Waals surface area contributed by atoms with E-state index in [-0.39, 0.29) is 30.7 Å². The fourth-order valence-corrected chi connectivity index (χ4v) is 3.82. The summed E-state index contributed by atoms with van der Waals surface area (Å²) in [5.74, 6) is 0.0731. The van der Waals surface area contributed by atoms with Gasteiger partial charge in [0.2, 0.25) is 0 Å². The summed E-state index contributed by atoms with van der Waals surface area (Å²) in [5, 5.41) is 0. The Kier molecular flexibility index (Phi) is 8.14. The monoisotopic (exact) mass is 423 g/mol. The molecule has 2 fully saturated rings. The molecule has 0 aliphatic carbocycles. The number of hydrogen-bond donors (Lipinski definition) is 1. The van der Waals surface area contributed by atoms with E-state index < -0.39 is 0 Å². The number of likely N-dealkylation sites (tertiary alicyclic amines) is 2. The van der Waals surface area contributed by atoms with E-state index >= 15 is 0 Å². The van der Waals surface area contributed by atoms with Crippen LogP contribution >= 0.6 is 40.7 Å². The summed E-state index contributed by atoms with van der Waals surface area (Å²) in [6.07, 6.45) is 4.89. The molecular weight excluding hydrogens is 401 g/mol. The number of nitrogens with zero attached hydrogens (tertiary/aromatic N) is 2. The van der Waals surface area contributed by atoms with Crippen molar-refractivity contribution in [2.75, 3.05) is 31.9 Å². The van der Waals surface area contributed by atoms with Crippen molar-refractivity contribution in [1.82, 2.24) is 9.80 Å². The van der Waals surface area contributed by atoms with Crippen molar-refractivity contribution < 1.29 is 4.79 Å². The summed E-state index contributed by atoms with van der Waals surface area (Å²) in [6, 6.07) is 6.03. The van der Waals surface area contributed by atoms with E-state index in [1.807, 2.05) is 17.0 Å². The number of anilines is 1. The average molecular weight is 425 g/mol. The van der Waals surface area contributed by atoms with Gasteiger partial charge in [0.05, 0.1) is 5.56 Å². The molecule has 0 aromatic heterocycles. The van der Waals surface area contributed by atoms with Gasteiger partial charge < -0.3 is 10.6 Å². The highest BCUT2D eigenvalue weighted by Gasteiger charge is 2.30. The standard InChI is InChI=1S/C16H22BrN3O.2ClH/c17-12-5-6-14(15(18)10-12)16(21)20-9-3-4-13(11-20)19-7-1-2-8-19;;/h5-6,10,13H,1-4,7-9,11,18H2;2*1H. The van der Waals surface area contributed by atoms with Crippen LogP contribution < -0.4 is 5.73 Å². The van der Waals surface area contributed by atoms with Crippen molar-refractivity contribution in [2.24, 2.45) is 0 Å². The normalized spacial score (nSPS) is 21.4. The zero-order valence-corrected chi connectivity index (χ0v) is 16.3. The third-order valence-corrected chi connectivity index (χ3v) is 5.08. The smallest absolute Gasteiger partial charge is 0.255 e. The number of carbonyl (C=O) groups is 1. The molecule has 23 heavy (non-hydrogen) atoms. The molecule has 3 rings (SSSR count).